The SMILES string of the molecule is CCN1CCCCC/C=C/[C@H](OC)[C@@H](O)[C@H](C)/C=C(/C)C1. The predicted molar refractivity (Wildman–Crippen MR) is 89.4 cm³/mol. The van der Waals surface area contributed by atoms with Gasteiger partial charge < -0.3 is 9.84 Å². The number of hydrogen-bond donors (Lipinski definition) is 1. The average molecular weight is 295 g/mol. The summed E-state index contributed by atoms with van der Waals surface area (Å²) >= 11 is 0. The first-order valence-electron chi connectivity index (χ1n) is 8.35. The van der Waals surface area contributed by atoms with Gasteiger partial charge in [-0.3, -0.25) is 4.90 Å². The lowest BCUT2D eigenvalue weighted by molar-refractivity contribution is -0.00191. The number of aliphatic hydroxyl groups excluding tert-OH is 1. The Kier molecular flexibility index (Phi) is 8.90. The van der Waals surface area contributed by atoms with Gasteiger partial charge in [0.1, 0.15) is 6.10 Å². The maximum absolute atomic E-state index is 10.5. The number of methoxy groups -OCH3 is 1. The van der Waals surface area contributed by atoms with Crippen molar-refractivity contribution in [1.82, 2.24) is 4.90 Å². The van der Waals surface area contributed by atoms with Gasteiger partial charge in [-0.1, -0.05) is 44.1 Å². The van der Waals surface area contributed by atoms with Gasteiger partial charge in [0.2, 0.25) is 0 Å². The fourth-order valence-corrected chi connectivity index (χ4v) is 2.94. The molecule has 1 aliphatic rings. The standard InChI is InChI=1S/C18H33NO2/c1-5-19-12-10-8-6-7-9-11-17(21-4)18(20)16(3)13-15(2)14-19/h9,11,13,16-18,20H,5-8,10,12,14H2,1-4H3/b11-9+,15-13-/t16-,17+,18+/m1/s1. The molecule has 0 amide bonds. The number of rotatable bonds is 2. The average Bonchev–Trinajstić information content (AvgIpc) is 2.47. The molecular weight excluding hydrogens is 262 g/mol. The zero-order valence-corrected chi connectivity index (χ0v) is 14.2. The highest BCUT2D eigenvalue weighted by Gasteiger charge is 2.21. The number of hydrogen-bond acceptors (Lipinski definition) is 3. The van der Waals surface area contributed by atoms with Crippen LogP contribution in [-0.2, 0) is 4.74 Å². The van der Waals surface area contributed by atoms with E-state index in [0.717, 1.165) is 19.5 Å². The van der Waals surface area contributed by atoms with E-state index in [1.54, 1.807) is 7.11 Å². The molecule has 21 heavy (non-hydrogen) atoms. The van der Waals surface area contributed by atoms with Gasteiger partial charge >= 0.3 is 0 Å². The Bertz CT molecular complexity index is 338. The van der Waals surface area contributed by atoms with Crippen LogP contribution in [0.3, 0.4) is 0 Å². The molecule has 0 aromatic heterocycles. The van der Waals surface area contributed by atoms with Crippen LogP contribution in [0.1, 0.15) is 46.5 Å². The molecule has 0 radical (unpaired) electrons. The normalized spacial score (nSPS) is 34.7. The second-order valence-electron chi connectivity index (χ2n) is 6.21. The molecule has 0 unspecified atom stereocenters. The maximum Gasteiger partial charge on any atom is 0.102 e. The summed E-state index contributed by atoms with van der Waals surface area (Å²) in [6.07, 6.45) is 10.5. The van der Waals surface area contributed by atoms with Crippen molar-refractivity contribution in [1.29, 1.82) is 0 Å². The molecule has 0 bridgehead atoms. The molecule has 0 spiro atoms. The van der Waals surface area contributed by atoms with Crippen molar-refractivity contribution in [3.8, 4) is 0 Å². The Balaban J connectivity index is 2.81. The molecule has 0 saturated carbocycles. The fourth-order valence-electron chi connectivity index (χ4n) is 2.94. The Morgan fingerprint density at radius 2 is 2.10 bits per heavy atom. The highest BCUT2D eigenvalue weighted by molar-refractivity contribution is 5.07. The van der Waals surface area contributed by atoms with E-state index in [4.69, 9.17) is 4.74 Å². The summed E-state index contributed by atoms with van der Waals surface area (Å²) in [7, 11) is 1.67. The highest BCUT2D eigenvalue weighted by atomic mass is 16.5. The summed E-state index contributed by atoms with van der Waals surface area (Å²) in [5.74, 6) is 0.0984. The molecule has 1 N–H and O–H groups in total. The summed E-state index contributed by atoms with van der Waals surface area (Å²) in [4.78, 5) is 2.49. The lowest BCUT2D eigenvalue weighted by Gasteiger charge is -2.25. The van der Waals surface area contributed by atoms with Crippen LogP contribution in [-0.4, -0.2) is 49.0 Å². The van der Waals surface area contributed by atoms with E-state index in [2.05, 4.69) is 37.8 Å². The van der Waals surface area contributed by atoms with Crippen molar-refractivity contribution in [2.75, 3.05) is 26.7 Å². The lowest BCUT2D eigenvalue weighted by Crippen LogP contribution is -2.32. The highest BCUT2D eigenvalue weighted by Crippen LogP contribution is 2.16. The summed E-state index contributed by atoms with van der Waals surface area (Å²) < 4.78 is 5.43. The maximum atomic E-state index is 10.5. The third kappa shape index (κ3) is 6.77. The summed E-state index contributed by atoms with van der Waals surface area (Å²) in [5, 5.41) is 10.5. The minimum absolute atomic E-state index is 0.0984. The molecule has 3 nitrogen and oxygen atoms in total. The zero-order chi connectivity index (χ0) is 15.7. The van der Waals surface area contributed by atoms with E-state index in [-0.39, 0.29) is 12.0 Å². The van der Waals surface area contributed by atoms with E-state index < -0.39 is 6.10 Å². The van der Waals surface area contributed by atoms with E-state index in [1.807, 2.05) is 6.08 Å². The molecule has 1 heterocycles. The van der Waals surface area contributed by atoms with E-state index in [9.17, 15) is 5.11 Å². The number of nitrogens with zero attached hydrogens (tertiary/aromatic N) is 1. The van der Waals surface area contributed by atoms with Crippen molar-refractivity contribution in [2.45, 2.75) is 58.7 Å². The van der Waals surface area contributed by atoms with Crippen molar-refractivity contribution in [2.24, 2.45) is 5.92 Å². The minimum Gasteiger partial charge on any atom is -0.389 e. The Morgan fingerprint density at radius 3 is 2.76 bits per heavy atom. The third-order valence-corrected chi connectivity index (χ3v) is 4.29. The number of aliphatic hydroxyl groups is 1. The fraction of sp³-hybridized carbons (Fsp3) is 0.778. The second kappa shape index (κ2) is 10.1. The zero-order valence-electron chi connectivity index (χ0n) is 14.2. The number of likely N-dealkylation sites (N-methyl/N-ethyl adjacent to an activating group) is 1. The summed E-state index contributed by atoms with van der Waals surface area (Å²) in [6.45, 7) is 9.71. The first-order chi connectivity index (χ1) is 10.1. The van der Waals surface area contributed by atoms with Crippen LogP contribution < -0.4 is 0 Å². The van der Waals surface area contributed by atoms with Crippen LogP contribution in [0.15, 0.2) is 23.8 Å². The van der Waals surface area contributed by atoms with Crippen molar-refractivity contribution < 1.29 is 9.84 Å². The van der Waals surface area contributed by atoms with Gasteiger partial charge in [-0.15, -0.1) is 0 Å². The molecule has 3 heteroatoms. The van der Waals surface area contributed by atoms with Crippen LogP contribution >= 0.6 is 0 Å². The molecule has 122 valence electrons. The van der Waals surface area contributed by atoms with Crippen molar-refractivity contribution in [3.63, 3.8) is 0 Å². The number of allylic oxidation sites excluding steroid dienone is 1. The lowest BCUT2D eigenvalue weighted by atomic mass is 9.96. The Hall–Kier alpha value is -0.640. The molecule has 0 saturated heterocycles. The van der Waals surface area contributed by atoms with E-state index in [1.165, 1.54) is 31.4 Å². The minimum atomic E-state index is -0.487. The quantitative estimate of drug-likeness (QED) is 0.793. The third-order valence-electron chi connectivity index (χ3n) is 4.29. The Labute approximate surface area is 130 Å². The van der Waals surface area contributed by atoms with Gasteiger partial charge in [-0.25, -0.2) is 0 Å². The topological polar surface area (TPSA) is 32.7 Å². The smallest absolute Gasteiger partial charge is 0.102 e. The molecule has 0 aromatic rings. The Morgan fingerprint density at radius 1 is 1.33 bits per heavy atom. The van der Waals surface area contributed by atoms with Gasteiger partial charge in [0.05, 0.1) is 6.10 Å². The summed E-state index contributed by atoms with van der Waals surface area (Å²) in [5.41, 5.74) is 1.33. The van der Waals surface area contributed by atoms with Crippen LogP contribution in [0.5, 0.6) is 0 Å². The first kappa shape index (κ1) is 18.4. The first-order valence-corrected chi connectivity index (χ1v) is 8.35. The molecule has 1 rings (SSSR count). The van der Waals surface area contributed by atoms with Crippen LogP contribution in [0.4, 0.5) is 0 Å². The van der Waals surface area contributed by atoms with Crippen LogP contribution in [0.2, 0.25) is 0 Å². The molecule has 3 atom stereocenters. The van der Waals surface area contributed by atoms with Gasteiger partial charge in [0, 0.05) is 19.6 Å². The van der Waals surface area contributed by atoms with Crippen molar-refractivity contribution in [3.05, 3.63) is 23.8 Å². The largest absolute Gasteiger partial charge is 0.389 e. The van der Waals surface area contributed by atoms with E-state index in [0.29, 0.717) is 0 Å². The van der Waals surface area contributed by atoms with E-state index >= 15 is 0 Å². The molecule has 0 fully saturated rings. The molecular formula is C18H33NO2. The van der Waals surface area contributed by atoms with Gasteiger partial charge in [0.15, 0.2) is 0 Å². The summed E-state index contributed by atoms with van der Waals surface area (Å²) in [6, 6.07) is 0. The molecule has 1 aliphatic heterocycles. The number of ether oxygens (including phenoxy) is 1. The van der Waals surface area contributed by atoms with Crippen molar-refractivity contribution >= 4 is 0 Å². The van der Waals surface area contributed by atoms with Crippen LogP contribution in [0, 0.1) is 5.92 Å². The van der Waals surface area contributed by atoms with Crippen LogP contribution in [0.25, 0.3) is 0 Å². The van der Waals surface area contributed by atoms with Gasteiger partial charge in [0.25, 0.3) is 0 Å². The van der Waals surface area contributed by atoms with Gasteiger partial charge in [-0.05, 0) is 39.3 Å². The second-order valence-corrected chi connectivity index (χ2v) is 6.21. The molecule has 0 aromatic carbocycles. The molecule has 0 aliphatic carbocycles. The predicted octanol–water partition coefficient (Wildman–Crippen LogP) is 3.40. The van der Waals surface area contributed by atoms with Gasteiger partial charge in [-0.2, -0.15) is 0 Å². The monoisotopic (exact) mass is 295 g/mol.